The number of hydrogen-bond donors (Lipinski definition) is 1. The molecular formula is C16H18F3NO4. The third-order valence-corrected chi connectivity index (χ3v) is 4.12. The molecule has 0 aliphatic carbocycles. The molecule has 0 bridgehead atoms. The minimum absolute atomic E-state index is 0.0343. The zero-order valence-corrected chi connectivity index (χ0v) is 13.1. The molecule has 2 rings (SSSR count). The van der Waals surface area contributed by atoms with Crippen LogP contribution >= 0.6 is 0 Å². The number of carboxylic acid groups (broad SMARTS) is 1. The number of hydrogen-bond acceptors (Lipinski definition) is 3. The quantitative estimate of drug-likeness (QED) is 0.635. The van der Waals surface area contributed by atoms with Gasteiger partial charge in [0.15, 0.2) is 17.5 Å². The van der Waals surface area contributed by atoms with Crippen molar-refractivity contribution in [2.45, 2.75) is 25.3 Å². The minimum Gasteiger partial charge on any atom is -0.481 e. The van der Waals surface area contributed by atoms with Crippen LogP contribution in [0.2, 0.25) is 0 Å². The Morgan fingerprint density at radius 1 is 1.33 bits per heavy atom. The summed E-state index contributed by atoms with van der Waals surface area (Å²) in [6.45, 7) is 0.530. The third-order valence-electron chi connectivity index (χ3n) is 4.12. The standard InChI is InChI=1S/C16H18F3NO4/c1-24-6-2-5-20-13(21)4-3-10(16(22)23)15(20)9-7-11(17)14(19)12(18)8-9/h7-8,10,15H,2-6H2,1H3,(H,22,23)/t10-,15+/m1/s1. The molecule has 132 valence electrons. The molecule has 1 aliphatic rings. The van der Waals surface area contributed by atoms with Crippen LogP contribution in [0, 0.1) is 23.4 Å². The highest BCUT2D eigenvalue weighted by molar-refractivity contribution is 5.81. The molecule has 2 atom stereocenters. The van der Waals surface area contributed by atoms with E-state index in [1.165, 1.54) is 12.0 Å². The van der Waals surface area contributed by atoms with Crippen LogP contribution in [0.1, 0.15) is 30.9 Å². The van der Waals surface area contributed by atoms with Gasteiger partial charge in [0.2, 0.25) is 5.91 Å². The van der Waals surface area contributed by atoms with E-state index in [0.717, 1.165) is 12.1 Å². The number of halogens is 3. The maximum atomic E-state index is 13.6. The smallest absolute Gasteiger partial charge is 0.308 e. The zero-order valence-electron chi connectivity index (χ0n) is 13.1. The van der Waals surface area contributed by atoms with E-state index in [9.17, 15) is 27.9 Å². The highest BCUT2D eigenvalue weighted by Gasteiger charge is 2.41. The van der Waals surface area contributed by atoms with Crippen molar-refractivity contribution >= 4 is 11.9 Å². The molecule has 1 aromatic carbocycles. The van der Waals surface area contributed by atoms with Crippen molar-refractivity contribution < 1.29 is 32.6 Å². The summed E-state index contributed by atoms with van der Waals surface area (Å²) >= 11 is 0. The van der Waals surface area contributed by atoms with Crippen molar-refractivity contribution in [1.82, 2.24) is 4.90 Å². The molecule has 0 radical (unpaired) electrons. The zero-order chi connectivity index (χ0) is 17.9. The fourth-order valence-electron chi connectivity index (χ4n) is 3.01. The van der Waals surface area contributed by atoms with Gasteiger partial charge >= 0.3 is 5.97 Å². The van der Waals surface area contributed by atoms with Crippen molar-refractivity contribution in [2.24, 2.45) is 5.92 Å². The summed E-state index contributed by atoms with van der Waals surface area (Å²) in [5.74, 6) is -6.95. The van der Waals surface area contributed by atoms with E-state index in [1.807, 2.05) is 0 Å². The van der Waals surface area contributed by atoms with Crippen LogP contribution in [-0.2, 0) is 14.3 Å². The monoisotopic (exact) mass is 345 g/mol. The summed E-state index contributed by atoms with van der Waals surface area (Å²) in [7, 11) is 1.49. The Kier molecular flexibility index (Phi) is 5.82. The first kappa shape index (κ1) is 18.3. The summed E-state index contributed by atoms with van der Waals surface area (Å²) in [5.41, 5.74) is -0.0655. The molecule has 8 heteroatoms. The molecule has 0 spiro atoms. The second-order valence-electron chi connectivity index (χ2n) is 5.66. The second kappa shape index (κ2) is 7.65. The summed E-state index contributed by atoms with van der Waals surface area (Å²) in [6, 6.07) is 0.451. The predicted molar refractivity (Wildman–Crippen MR) is 77.6 cm³/mol. The highest BCUT2D eigenvalue weighted by Crippen LogP contribution is 2.38. The van der Waals surface area contributed by atoms with Gasteiger partial charge < -0.3 is 14.7 Å². The Morgan fingerprint density at radius 2 is 1.96 bits per heavy atom. The lowest BCUT2D eigenvalue weighted by Gasteiger charge is -2.40. The van der Waals surface area contributed by atoms with Gasteiger partial charge in [-0.15, -0.1) is 0 Å². The number of amides is 1. The summed E-state index contributed by atoms with van der Waals surface area (Å²) in [5, 5.41) is 9.41. The summed E-state index contributed by atoms with van der Waals surface area (Å²) in [6.07, 6.45) is 0.532. The van der Waals surface area contributed by atoms with Gasteiger partial charge in [-0.3, -0.25) is 9.59 Å². The fraction of sp³-hybridized carbons (Fsp3) is 0.500. The molecule has 1 aromatic rings. The molecule has 1 fully saturated rings. The number of piperidine rings is 1. The molecular weight excluding hydrogens is 327 g/mol. The Hall–Kier alpha value is -2.09. The molecule has 24 heavy (non-hydrogen) atoms. The maximum Gasteiger partial charge on any atom is 0.308 e. The van der Waals surface area contributed by atoms with E-state index in [4.69, 9.17) is 4.74 Å². The van der Waals surface area contributed by atoms with Crippen LogP contribution in [0.15, 0.2) is 12.1 Å². The Labute approximate surface area is 137 Å². The predicted octanol–water partition coefficient (Wildman–Crippen LogP) is 2.50. The number of carboxylic acids is 1. The van der Waals surface area contributed by atoms with Crippen LogP contribution in [0.3, 0.4) is 0 Å². The molecule has 1 aliphatic heterocycles. The average molecular weight is 345 g/mol. The van der Waals surface area contributed by atoms with E-state index in [0.29, 0.717) is 13.0 Å². The van der Waals surface area contributed by atoms with Crippen LogP contribution < -0.4 is 0 Å². The SMILES string of the molecule is COCCCN1C(=O)CC[C@@H](C(=O)O)[C@@H]1c1cc(F)c(F)c(F)c1. The Morgan fingerprint density at radius 3 is 2.50 bits per heavy atom. The lowest BCUT2D eigenvalue weighted by Crippen LogP contribution is -2.46. The second-order valence-corrected chi connectivity index (χ2v) is 5.66. The van der Waals surface area contributed by atoms with E-state index >= 15 is 0 Å². The largest absolute Gasteiger partial charge is 0.481 e. The van der Waals surface area contributed by atoms with E-state index in [2.05, 4.69) is 0 Å². The lowest BCUT2D eigenvalue weighted by atomic mass is 9.84. The molecule has 1 N–H and O–H groups in total. The first-order valence-corrected chi connectivity index (χ1v) is 7.52. The Bertz CT molecular complexity index is 615. The first-order chi connectivity index (χ1) is 11.4. The summed E-state index contributed by atoms with van der Waals surface area (Å²) < 4.78 is 45.2. The van der Waals surface area contributed by atoms with E-state index in [-0.39, 0.29) is 30.9 Å². The van der Waals surface area contributed by atoms with Crippen molar-refractivity contribution in [3.8, 4) is 0 Å². The number of likely N-dealkylation sites (tertiary alicyclic amines) is 1. The maximum absolute atomic E-state index is 13.6. The molecule has 0 saturated carbocycles. The molecule has 5 nitrogen and oxygen atoms in total. The highest BCUT2D eigenvalue weighted by atomic mass is 19.2. The van der Waals surface area contributed by atoms with Gasteiger partial charge in [0.05, 0.1) is 12.0 Å². The number of methoxy groups -OCH3 is 1. The third kappa shape index (κ3) is 3.69. The number of rotatable bonds is 6. The van der Waals surface area contributed by atoms with Crippen LogP contribution in [-0.4, -0.2) is 42.1 Å². The number of carbonyl (C=O) groups is 2. The molecule has 0 unspecified atom stereocenters. The molecule has 1 amide bonds. The summed E-state index contributed by atoms with van der Waals surface area (Å²) in [4.78, 5) is 25.0. The first-order valence-electron chi connectivity index (χ1n) is 7.52. The Balaban J connectivity index is 2.43. The van der Waals surface area contributed by atoms with Gasteiger partial charge in [-0.05, 0) is 30.5 Å². The van der Waals surface area contributed by atoms with Crippen LogP contribution in [0.5, 0.6) is 0 Å². The minimum atomic E-state index is -1.63. The normalized spacial score (nSPS) is 21.2. The van der Waals surface area contributed by atoms with Gasteiger partial charge in [0.1, 0.15) is 0 Å². The van der Waals surface area contributed by atoms with E-state index < -0.39 is 35.4 Å². The van der Waals surface area contributed by atoms with Crippen molar-refractivity contribution in [3.63, 3.8) is 0 Å². The lowest BCUT2D eigenvalue weighted by molar-refractivity contribution is -0.152. The van der Waals surface area contributed by atoms with Gasteiger partial charge in [-0.25, -0.2) is 13.2 Å². The number of aliphatic carboxylic acids is 1. The van der Waals surface area contributed by atoms with Gasteiger partial charge in [0.25, 0.3) is 0 Å². The van der Waals surface area contributed by atoms with Crippen molar-refractivity contribution in [2.75, 3.05) is 20.3 Å². The fourth-order valence-corrected chi connectivity index (χ4v) is 3.01. The van der Waals surface area contributed by atoms with Gasteiger partial charge in [-0.2, -0.15) is 0 Å². The molecule has 0 aromatic heterocycles. The molecule has 1 saturated heterocycles. The average Bonchev–Trinajstić information content (AvgIpc) is 2.53. The topological polar surface area (TPSA) is 66.8 Å². The number of ether oxygens (including phenoxy) is 1. The van der Waals surface area contributed by atoms with Gasteiger partial charge in [-0.1, -0.05) is 0 Å². The number of carbonyl (C=O) groups excluding carboxylic acids is 1. The van der Waals surface area contributed by atoms with E-state index in [1.54, 1.807) is 0 Å². The van der Waals surface area contributed by atoms with Crippen LogP contribution in [0.25, 0.3) is 0 Å². The molecule has 1 heterocycles. The van der Waals surface area contributed by atoms with Crippen molar-refractivity contribution in [1.29, 1.82) is 0 Å². The number of nitrogens with zero attached hydrogens (tertiary/aromatic N) is 1. The van der Waals surface area contributed by atoms with Crippen LogP contribution in [0.4, 0.5) is 13.2 Å². The van der Waals surface area contributed by atoms with Gasteiger partial charge in [0, 0.05) is 26.7 Å². The van der Waals surface area contributed by atoms with Crippen molar-refractivity contribution in [3.05, 3.63) is 35.1 Å². The number of benzene rings is 1.